The molecule has 0 aromatic heterocycles. The molecule has 7 nitrogen and oxygen atoms in total. The van der Waals surface area contributed by atoms with Crippen LogP contribution in [0.15, 0.2) is 42.5 Å². The van der Waals surface area contributed by atoms with Gasteiger partial charge < -0.3 is 10.2 Å². The van der Waals surface area contributed by atoms with Crippen molar-refractivity contribution in [1.82, 2.24) is 4.90 Å². The first kappa shape index (κ1) is 18.8. The average molecular weight is 388 g/mol. The summed E-state index contributed by atoms with van der Waals surface area (Å²) < 4.78 is 0. The van der Waals surface area contributed by atoms with E-state index in [0.29, 0.717) is 12.1 Å². The highest BCUT2D eigenvalue weighted by atomic mass is 35.5. The molecule has 1 fully saturated rings. The standard InChI is InChI=1S/C19H18ClN3O4/c20-17-12-15(23(26)27)7-8-16(17)19(25)21-14-5-3-13(4-6-14)11-18(24)22-9-1-2-10-22/h3-8,12H,1-2,9-11H2,(H,21,25). The first-order valence-corrected chi connectivity index (χ1v) is 8.94. The molecule has 8 heteroatoms. The number of amides is 2. The molecule has 0 radical (unpaired) electrons. The number of carbonyl (C=O) groups is 2. The van der Waals surface area contributed by atoms with Gasteiger partial charge in [-0.15, -0.1) is 0 Å². The number of nitro benzene ring substituents is 1. The van der Waals surface area contributed by atoms with E-state index >= 15 is 0 Å². The van der Waals surface area contributed by atoms with E-state index in [9.17, 15) is 19.7 Å². The predicted molar refractivity (Wildman–Crippen MR) is 102 cm³/mol. The van der Waals surface area contributed by atoms with E-state index < -0.39 is 10.8 Å². The molecule has 140 valence electrons. The van der Waals surface area contributed by atoms with Gasteiger partial charge in [-0.1, -0.05) is 23.7 Å². The van der Waals surface area contributed by atoms with Gasteiger partial charge in [0.15, 0.2) is 0 Å². The van der Waals surface area contributed by atoms with Gasteiger partial charge in [-0.25, -0.2) is 0 Å². The SMILES string of the molecule is O=C(Nc1ccc(CC(=O)N2CCCC2)cc1)c1ccc([N+](=O)[O-])cc1Cl. The maximum atomic E-state index is 12.3. The number of benzene rings is 2. The van der Waals surface area contributed by atoms with Gasteiger partial charge in [0.25, 0.3) is 11.6 Å². The summed E-state index contributed by atoms with van der Waals surface area (Å²) in [5.74, 6) is -0.349. The van der Waals surface area contributed by atoms with Gasteiger partial charge in [0.05, 0.1) is 21.9 Å². The van der Waals surface area contributed by atoms with E-state index in [1.807, 2.05) is 4.90 Å². The van der Waals surface area contributed by atoms with Crippen LogP contribution in [-0.4, -0.2) is 34.7 Å². The summed E-state index contributed by atoms with van der Waals surface area (Å²) in [4.78, 5) is 36.5. The van der Waals surface area contributed by atoms with Gasteiger partial charge in [-0.3, -0.25) is 19.7 Å². The van der Waals surface area contributed by atoms with E-state index in [-0.39, 0.29) is 22.2 Å². The first-order chi connectivity index (χ1) is 12.9. The smallest absolute Gasteiger partial charge is 0.270 e. The Hall–Kier alpha value is -2.93. The van der Waals surface area contributed by atoms with Crippen molar-refractivity contribution in [3.8, 4) is 0 Å². The van der Waals surface area contributed by atoms with Crippen molar-refractivity contribution in [3.05, 3.63) is 68.7 Å². The van der Waals surface area contributed by atoms with E-state index in [1.165, 1.54) is 12.1 Å². The lowest BCUT2D eigenvalue weighted by atomic mass is 10.1. The van der Waals surface area contributed by atoms with Crippen LogP contribution in [0.2, 0.25) is 5.02 Å². The molecular weight excluding hydrogens is 370 g/mol. The van der Waals surface area contributed by atoms with Gasteiger partial charge in [-0.05, 0) is 36.6 Å². The molecule has 2 aromatic carbocycles. The van der Waals surface area contributed by atoms with Crippen molar-refractivity contribution >= 4 is 34.8 Å². The zero-order chi connectivity index (χ0) is 19.4. The molecular formula is C19H18ClN3O4. The Kier molecular flexibility index (Phi) is 5.71. The summed E-state index contributed by atoms with van der Waals surface area (Å²) in [6.07, 6.45) is 2.45. The number of nitro groups is 1. The van der Waals surface area contributed by atoms with Crippen LogP contribution in [0.5, 0.6) is 0 Å². The first-order valence-electron chi connectivity index (χ1n) is 8.56. The van der Waals surface area contributed by atoms with E-state index in [2.05, 4.69) is 5.32 Å². The summed E-state index contributed by atoms with van der Waals surface area (Å²) in [6, 6.07) is 10.7. The molecule has 27 heavy (non-hydrogen) atoms. The summed E-state index contributed by atoms with van der Waals surface area (Å²) >= 11 is 5.97. The molecule has 0 saturated carbocycles. The second kappa shape index (κ2) is 8.18. The van der Waals surface area contributed by atoms with Crippen molar-refractivity contribution in [1.29, 1.82) is 0 Å². The fourth-order valence-electron chi connectivity index (χ4n) is 2.96. The van der Waals surface area contributed by atoms with Crippen molar-refractivity contribution < 1.29 is 14.5 Å². The Balaban J connectivity index is 1.63. The number of rotatable bonds is 5. The molecule has 0 atom stereocenters. The molecule has 1 aliphatic rings. The monoisotopic (exact) mass is 387 g/mol. The molecule has 0 spiro atoms. The van der Waals surface area contributed by atoms with Crippen LogP contribution < -0.4 is 5.32 Å². The predicted octanol–water partition coefficient (Wildman–Crippen LogP) is 3.67. The number of carbonyl (C=O) groups excluding carboxylic acids is 2. The molecule has 0 unspecified atom stereocenters. The normalized spacial score (nSPS) is 13.4. The quantitative estimate of drug-likeness (QED) is 0.625. The van der Waals surface area contributed by atoms with Gasteiger partial charge in [0.2, 0.25) is 5.91 Å². The summed E-state index contributed by atoms with van der Waals surface area (Å²) in [6.45, 7) is 1.64. The van der Waals surface area contributed by atoms with Crippen LogP contribution in [0.4, 0.5) is 11.4 Å². The van der Waals surface area contributed by atoms with Crippen LogP contribution in [0.25, 0.3) is 0 Å². The fourth-order valence-corrected chi connectivity index (χ4v) is 3.22. The highest BCUT2D eigenvalue weighted by Gasteiger charge is 2.18. The summed E-state index contributed by atoms with van der Waals surface area (Å²) in [5.41, 5.74) is 1.39. The molecule has 0 aliphatic carbocycles. The van der Waals surface area contributed by atoms with Crippen LogP contribution in [0.1, 0.15) is 28.8 Å². The number of hydrogen-bond acceptors (Lipinski definition) is 4. The third-order valence-corrected chi connectivity index (χ3v) is 4.75. The minimum Gasteiger partial charge on any atom is -0.342 e. The summed E-state index contributed by atoms with van der Waals surface area (Å²) in [5, 5.41) is 13.4. The topological polar surface area (TPSA) is 92.6 Å². The number of non-ortho nitro benzene ring substituents is 1. The van der Waals surface area contributed by atoms with E-state index in [1.54, 1.807) is 24.3 Å². The fraction of sp³-hybridized carbons (Fsp3) is 0.263. The number of halogens is 1. The lowest BCUT2D eigenvalue weighted by molar-refractivity contribution is -0.384. The molecule has 3 rings (SSSR count). The van der Waals surface area contributed by atoms with Crippen LogP contribution in [0, 0.1) is 10.1 Å². The molecule has 2 aromatic rings. The number of nitrogens with one attached hydrogen (secondary N) is 1. The lowest BCUT2D eigenvalue weighted by Crippen LogP contribution is -2.29. The van der Waals surface area contributed by atoms with Crippen molar-refractivity contribution in [3.63, 3.8) is 0 Å². The van der Waals surface area contributed by atoms with Crippen LogP contribution >= 0.6 is 11.6 Å². The van der Waals surface area contributed by atoms with Gasteiger partial charge in [0, 0.05) is 30.9 Å². The molecule has 1 N–H and O–H groups in total. The number of anilines is 1. The van der Waals surface area contributed by atoms with Crippen LogP contribution in [-0.2, 0) is 11.2 Å². The molecule has 1 heterocycles. The molecule has 0 bridgehead atoms. The molecule has 2 amide bonds. The maximum absolute atomic E-state index is 12.3. The Labute approximate surface area is 161 Å². The van der Waals surface area contributed by atoms with Gasteiger partial charge >= 0.3 is 0 Å². The summed E-state index contributed by atoms with van der Waals surface area (Å²) in [7, 11) is 0. The minimum absolute atomic E-state index is 0.00882. The third kappa shape index (κ3) is 4.62. The Morgan fingerprint density at radius 2 is 1.78 bits per heavy atom. The lowest BCUT2D eigenvalue weighted by Gasteiger charge is -2.15. The molecule has 1 aliphatic heterocycles. The Morgan fingerprint density at radius 1 is 1.11 bits per heavy atom. The van der Waals surface area contributed by atoms with Gasteiger partial charge in [0.1, 0.15) is 0 Å². The highest BCUT2D eigenvalue weighted by molar-refractivity contribution is 6.34. The van der Waals surface area contributed by atoms with E-state index in [4.69, 9.17) is 11.6 Å². The zero-order valence-electron chi connectivity index (χ0n) is 14.5. The number of nitrogens with zero attached hydrogens (tertiary/aromatic N) is 2. The van der Waals surface area contributed by atoms with E-state index in [0.717, 1.165) is 37.6 Å². The molecule has 1 saturated heterocycles. The zero-order valence-corrected chi connectivity index (χ0v) is 15.2. The number of hydrogen-bond donors (Lipinski definition) is 1. The Bertz CT molecular complexity index is 877. The minimum atomic E-state index is -0.574. The highest BCUT2D eigenvalue weighted by Crippen LogP contribution is 2.23. The number of likely N-dealkylation sites (tertiary alicyclic amines) is 1. The maximum Gasteiger partial charge on any atom is 0.270 e. The largest absolute Gasteiger partial charge is 0.342 e. The van der Waals surface area contributed by atoms with Crippen molar-refractivity contribution in [2.75, 3.05) is 18.4 Å². The second-order valence-electron chi connectivity index (χ2n) is 6.34. The Morgan fingerprint density at radius 3 is 2.37 bits per heavy atom. The second-order valence-corrected chi connectivity index (χ2v) is 6.74. The average Bonchev–Trinajstić information content (AvgIpc) is 3.18. The van der Waals surface area contributed by atoms with Gasteiger partial charge in [-0.2, -0.15) is 0 Å². The van der Waals surface area contributed by atoms with Crippen LogP contribution in [0.3, 0.4) is 0 Å². The van der Waals surface area contributed by atoms with Crippen molar-refractivity contribution in [2.45, 2.75) is 19.3 Å². The third-order valence-electron chi connectivity index (χ3n) is 4.43. The van der Waals surface area contributed by atoms with Crippen molar-refractivity contribution in [2.24, 2.45) is 0 Å².